The van der Waals surface area contributed by atoms with E-state index in [1.165, 1.54) is 43.6 Å². The number of esters is 1. The van der Waals surface area contributed by atoms with Gasteiger partial charge in [0, 0.05) is 47.7 Å². The molecule has 0 spiro atoms. The van der Waals surface area contributed by atoms with Gasteiger partial charge in [-0.3, -0.25) is 9.79 Å². The summed E-state index contributed by atoms with van der Waals surface area (Å²) < 4.78 is 18.7. The summed E-state index contributed by atoms with van der Waals surface area (Å²) in [7, 11) is 1.30. The van der Waals surface area contributed by atoms with Gasteiger partial charge in [-0.15, -0.1) is 11.3 Å². The van der Waals surface area contributed by atoms with E-state index in [0.29, 0.717) is 40.6 Å². The number of aliphatic imine (C=N–C) groups is 1. The maximum absolute atomic E-state index is 13.6. The number of carbonyl (C=O) groups excluding carboxylic acids is 2. The maximum atomic E-state index is 13.6. The number of benzene rings is 1. The molecule has 2 aromatic rings. The van der Waals surface area contributed by atoms with Crippen LogP contribution in [0.25, 0.3) is 0 Å². The molecule has 10 heteroatoms. The molecule has 3 heterocycles. The number of fused-ring (bicyclic) bond motifs is 1. The van der Waals surface area contributed by atoms with Gasteiger partial charge in [0.1, 0.15) is 11.9 Å². The smallest absolute Gasteiger partial charge is 0.338 e. The van der Waals surface area contributed by atoms with Crippen LogP contribution in [-0.2, 0) is 14.3 Å². The zero-order valence-corrected chi connectivity index (χ0v) is 17.8. The van der Waals surface area contributed by atoms with Crippen molar-refractivity contribution >= 4 is 40.6 Å². The van der Waals surface area contributed by atoms with Crippen molar-refractivity contribution < 1.29 is 18.7 Å². The molecular formula is C20H18ClFN4O3S. The second-order valence-corrected chi connectivity index (χ2v) is 8.22. The highest BCUT2D eigenvalue weighted by atomic mass is 35.5. The quantitative estimate of drug-likeness (QED) is 0.727. The van der Waals surface area contributed by atoms with Crippen molar-refractivity contribution in [3.05, 3.63) is 62.5 Å². The summed E-state index contributed by atoms with van der Waals surface area (Å²) in [5, 5.41) is 5.56. The molecule has 1 N–H and O–H groups in total. The van der Waals surface area contributed by atoms with Crippen LogP contribution in [0, 0.1) is 5.82 Å². The number of amides is 1. The van der Waals surface area contributed by atoms with E-state index in [-0.39, 0.29) is 17.0 Å². The van der Waals surface area contributed by atoms with E-state index in [0.717, 1.165) is 0 Å². The maximum Gasteiger partial charge on any atom is 0.338 e. The lowest BCUT2D eigenvalue weighted by Crippen LogP contribution is -2.39. The van der Waals surface area contributed by atoms with Gasteiger partial charge in [0.15, 0.2) is 10.8 Å². The number of hydrogen-bond donors (Lipinski definition) is 1. The Balaban J connectivity index is 1.89. The van der Waals surface area contributed by atoms with Crippen LogP contribution < -0.4 is 5.32 Å². The first kappa shape index (κ1) is 20.5. The molecule has 0 bridgehead atoms. The summed E-state index contributed by atoms with van der Waals surface area (Å²) in [6, 6.07) is 3.00. The molecule has 2 atom stereocenters. The van der Waals surface area contributed by atoms with Gasteiger partial charge in [-0.1, -0.05) is 17.7 Å². The Labute approximate surface area is 181 Å². The normalized spacial score (nSPS) is 20.7. The van der Waals surface area contributed by atoms with E-state index in [2.05, 4.69) is 10.3 Å². The molecule has 1 aromatic heterocycles. The minimum absolute atomic E-state index is 0.161. The molecule has 1 amide bonds. The molecule has 30 heavy (non-hydrogen) atoms. The average Bonchev–Trinajstić information content (AvgIpc) is 3.35. The largest absolute Gasteiger partial charge is 0.466 e. The Morgan fingerprint density at radius 2 is 2.20 bits per heavy atom. The van der Waals surface area contributed by atoms with E-state index in [9.17, 15) is 14.0 Å². The second-order valence-electron chi connectivity index (χ2n) is 6.92. The van der Waals surface area contributed by atoms with Crippen molar-refractivity contribution in [2.24, 2.45) is 4.99 Å². The van der Waals surface area contributed by atoms with Gasteiger partial charge in [0.25, 0.3) is 0 Å². The fraction of sp³-hybridized carbons (Fsp3) is 0.300. The van der Waals surface area contributed by atoms with Gasteiger partial charge >= 0.3 is 5.97 Å². The van der Waals surface area contributed by atoms with E-state index in [4.69, 9.17) is 21.3 Å². The molecule has 0 saturated carbocycles. The lowest BCUT2D eigenvalue weighted by atomic mass is 9.94. The average molecular weight is 449 g/mol. The van der Waals surface area contributed by atoms with E-state index >= 15 is 0 Å². The monoisotopic (exact) mass is 448 g/mol. The zero-order chi connectivity index (χ0) is 21.4. The minimum Gasteiger partial charge on any atom is -0.466 e. The number of halogens is 2. The third-order valence-corrected chi connectivity index (χ3v) is 6.05. The Morgan fingerprint density at radius 1 is 1.40 bits per heavy atom. The van der Waals surface area contributed by atoms with E-state index in [1.807, 2.05) is 10.3 Å². The fourth-order valence-corrected chi connectivity index (χ4v) is 4.71. The van der Waals surface area contributed by atoms with Crippen molar-refractivity contribution in [2.75, 3.05) is 13.7 Å². The van der Waals surface area contributed by atoms with Gasteiger partial charge in [0.05, 0.1) is 18.7 Å². The molecule has 2 aliphatic heterocycles. The standard InChI is InChI=1S/C20H18ClFN4O3S/c1-10(27)24-12-8-15-16(20(28)29-2)17(13-4-3-11(22)7-14(13)21)25-18(26(15)9-12)19-23-5-6-30-19/h3-7,12,17H,8-9H2,1-2H3,(H,24,27)/t12-,17-/m0/s1. The third kappa shape index (κ3) is 3.70. The first-order valence-corrected chi connectivity index (χ1v) is 10.4. The Kier molecular flexibility index (Phi) is 5.57. The van der Waals surface area contributed by atoms with Crippen LogP contribution >= 0.6 is 22.9 Å². The summed E-state index contributed by atoms with van der Waals surface area (Å²) in [6.45, 7) is 1.89. The van der Waals surface area contributed by atoms with Crippen molar-refractivity contribution in [3.63, 3.8) is 0 Å². The number of rotatable bonds is 4. The molecule has 0 aliphatic carbocycles. The summed E-state index contributed by atoms with van der Waals surface area (Å²) in [5.41, 5.74) is 1.49. The highest BCUT2D eigenvalue weighted by Gasteiger charge is 2.42. The highest BCUT2D eigenvalue weighted by molar-refractivity contribution is 7.11. The van der Waals surface area contributed by atoms with Gasteiger partial charge in [-0.05, 0) is 12.1 Å². The Hall–Kier alpha value is -2.78. The Bertz CT molecular complexity index is 1070. The zero-order valence-electron chi connectivity index (χ0n) is 16.2. The summed E-state index contributed by atoms with van der Waals surface area (Å²) >= 11 is 7.73. The lowest BCUT2D eigenvalue weighted by molar-refractivity contribution is -0.136. The molecule has 156 valence electrons. The van der Waals surface area contributed by atoms with Crippen LogP contribution in [-0.4, -0.2) is 47.3 Å². The van der Waals surface area contributed by atoms with Gasteiger partial charge in [-0.25, -0.2) is 14.2 Å². The second kappa shape index (κ2) is 8.16. The van der Waals surface area contributed by atoms with Crippen molar-refractivity contribution in [2.45, 2.75) is 25.4 Å². The number of methoxy groups -OCH3 is 1. The number of carbonyl (C=O) groups is 2. The van der Waals surface area contributed by atoms with Crippen LogP contribution in [0.3, 0.4) is 0 Å². The lowest BCUT2D eigenvalue weighted by Gasteiger charge is -2.31. The SMILES string of the molecule is COC(=O)C1=C2C[C@H](NC(C)=O)CN2C(c2nccs2)=N[C@H]1c1ccc(F)cc1Cl. The molecule has 1 aromatic carbocycles. The summed E-state index contributed by atoms with van der Waals surface area (Å²) in [4.78, 5) is 35.5. The van der Waals surface area contributed by atoms with Crippen LogP contribution in [0.5, 0.6) is 0 Å². The van der Waals surface area contributed by atoms with E-state index < -0.39 is 17.8 Å². The molecular weight excluding hydrogens is 431 g/mol. The number of nitrogens with zero attached hydrogens (tertiary/aromatic N) is 3. The number of nitrogens with one attached hydrogen (secondary N) is 1. The predicted octanol–water partition coefficient (Wildman–Crippen LogP) is 3.07. The highest BCUT2D eigenvalue weighted by Crippen LogP contribution is 2.42. The minimum atomic E-state index is -0.785. The van der Waals surface area contributed by atoms with Crippen molar-refractivity contribution in [1.29, 1.82) is 0 Å². The fourth-order valence-electron chi connectivity index (χ4n) is 3.80. The first-order valence-electron chi connectivity index (χ1n) is 9.17. The first-order chi connectivity index (χ1) is 14.4. The molecule has 2 aliphatic rings. The number of aromatic nitrogens is 1. The van der Waals surface area contributed by atoms with Crippen LogP contribution in [0.1, 0.15) is 30.0 Å². The van der Waals surface area contributed by atoms with Gasteiger partial charge in [-0.2, -0.15) is 0 Å². The molecule has 1 fully saturated rings. The van der Waals surface area contributed by atoms with E-state index in [1.54, 1.807) is 6.20 Å². The van der Waals surface area contributed by atoms with Crippen LogP contribution in [0.4, 0.5) is 4.39 Å². The van der Waals surface area contributed by atoms with Gasteiger partial charge < -0.3 is 15.0 Å². The number of thiazole rings is 1. The summed E-state index contributed by atoms with van der Waals surface area (Å²) in [6.07, 6.45) is 2.09. The molecule has 4 rings (SSSR count). The third-order valence-electron chi connectivity index (χ3n) is 4.95. The number of hydrogen-bond acceptors (Lipinski definition) is 7. The predicted molar refractivity (Wildman–Crippen MR) is 111 cm³/mol. The van der Waals surface area contributed by atoms with Crippen molar-refractivity contribution in [3.8, 4) is 0 Å². The van der Waals surface area contributed by atoms with Gasteiger partial charge in [0.2, 0.25) is 5.91 Å². The molecule has 7 nitrogen and oxygen atoms in total. The Morgan fingerprint density at radius 3 is 2.83 bits per heavy atom. The van der Waals surface area contributed by atoms with Crippen LogP contribution in [0.2, 0.25) is 5.02 Å². The molecule has 0 radical (unpaired) electrons. The van der Waals surface area contributed by atoms with Crippen molar-refractivity contribution in [1.82, 2.24) is 15.2 Å². The van der Waals surface area contributed by atoms with Crippen LogP contribution in [0.15, 0.2) is 46.0 Å². The molecule has 0 unspecified atom stereocenters. The number of ether oxygens (including phenoxy) is 1. The molecule has 1 saturated heterocycles. The number of amidine groups is 1. The topological polar surface area (TPSA) is 83.9 Å². The summed E-state index contributed by atoms with van der Waals surface area (Å²) in [5.74, 6) is -0.619.